The fourth-order valence-electron chi connectivity index (χ4n) is 2.42. The molecule has 0 fully saturated rings. The Morgan fingerprint density at radius 3 is 2.71 bits per heavy atom. The lowest BCUT2D eigenvalue weighted by molar-refractivity contribution is 0.957. The van der Waals surface area contributed by atoms with Gasteiger partial charge in [0.15, 0.2) is 0 Å². The van der Waals surface area contributed by atoms with Crippen LogP contribution in [-0.4, -0.2) is 29.4 Å². The van der Waals surface area contributed by atoms with Gasteiger partial charge in [0.25, 0.3) is 0 Å². The highest BCUT2D eigenvalue weighted by Gasteiger charge is 2.09. The highest BCUT2D eigenvalue weighted by atomic mass is 15.3. The fraction of sp³-hybridized carbons (Fsp3) is 0.0667. The lowest BCUT2D eigenvalue weighted by atomic mass is 10.1. The van der Waals surface area contributed by atoms with Crippen molar-refractivity contribution in [3.05, 3.63) is 60.9 Å². The summed E-state index contributed by atoms with van der Waals surface area (Å²) in [5.74, 6) is 0.800. The summed E-state index contributed by atoms with van der Waals surface area (Å²) in [5.41, 5.74) is 4.27. The Kier molecular flexibility index (Phi) is 2.53. The van der Waals surface area contributed by atoms with Crippen molar-refractivity contribution in [3.8, 4) is 17.1 Å². The molecule has 0 saturated heterocycles. The smallest absolute Gasteiger partial charge is 0.139 e. The van der Waals surface area contributed by atoms with E-state index in [2.05, 4.69) is 27.2 Å². The van der Waals surface area contributed by atoms with Crippen LogP contribution in [0.5, 0.6) is 0 Å². The van der Waals surface area contributed by atoms with Gasteiger partial charge in [-0.3, -0.25) is 4.57 Å². The summed E-state index contributed by atoms with van der Waals surface area (Å²) < 4.78 is 3.70. The molecule has 0 aliphatic carbocycles. The van der Waals surface area contributed by atoms with Crippen LogP contribution in [-0.2, 0) is 0 Å². The number of hydrogen-bond donors (Lipinski definition) is 0. The summed E-state index contributed by atoms with van der Waals surface area (Å²) >= 11 is 0. The molecular formula is C15H12N6. The van der Waals surface area contributed by atoms with Crippen molar-refractivity contribution >= 4 is 5.52 Å². The van der Waals surface area contributed by atoms with Crippen molar-refractivity contribution in [3.63, 3.8) is 0 Å². The Bertz CT molecular complexity index is 907. The molecular weight excluding hydrogens is 264 g/mol. The highest BCUT2D eigenvalue weighted by Crippen LogP contribution is 2.24. The van der Waals surface area contributed by atoms with E-state index in [1.54, 1.807) is 23.4 Å². The van der Waals surface area contributed by atoms with Crippen LogP contribution >= 0.6 is 0 Å². The first-order chi connectivity index (χ1) is 10.3. The molecule has 0 amide bonds. The molecule has 0 aliphatic rings. The van der Waals surface area contributed by atoms with Gasteiger partial charge in [0.05, 0.1) is 17.4 Å². The first kappa shape index (κ1) is 11.8. The molecule has 4 heterocycles. The third-order valence-corrected chi connectivity index (χ3v) is 3.48. The lowest BCUT2D eigenvalue weighted by Crippen LogP contribution is -1.99. The third-order valence-electron chi connectivity index (χ3n) is 3.48. The second kappa shape index (κ2) is 4.52. The SMILES string of the molecule is Cc1cc(-n2cnnc2)ncc1-c1cccc2ccnn12. The molecule has 0 spiro atoms. The summed E-state index contributed by atoms with van der Waals surface area (Å²) in [6, 6.07) is 10.1. The van der Waals surface area contributed by atoms with Gasteiger partial charge in [-0.15, -0.1) is 10.2 Å². The molecule has 4 aromatic heterocycles. The lowest BCUT2D eigenvalue weighted by Gasteiger charge is -2.09. The van der Waals surface area contributed by atoms with E-state index in [4.69, 9.17) is 0 Å². The number of fused-ring (bicyclic) bond motifs is 1. The standard InChI is InChI=1S/C15H12N6/c1-11-7-15(20-9-17-18-10-20)16-8-13(11)14-4-2-3-12-5-6-19-21(12)14/h2-10H,1H3. The number of nitrogens with zero attached hydrogens (tertiary/aromatic N) is 6. The van der Waals surface area contributed by atoms with Crippen LogP contribution in [0.2, 0.25) is 0 Å². The molecule has 0 aliphatic heterocycles. The van der Waals surface area contributed by atoms with E-state index < -0.39 is 0 Å². The molecule has 0 bridgehead atoms. The van der Waals surface area contributed by atoms with Gasteiger partial charge in [0.1, 0.15) is 18.5 Å². The first-order valence-electron chi connectivity index (χ1n) is 6.58. The molecule has 0 radical (unpaired) electrons. The molecule has 0 atom stereocenters. The maximum Gasteiger partial charge on any atom is 0.139 e. The van der Waals surface area contributed by atoms with E-state index in [0.29, 0.717) is 0 Å². The summed E-state index contributed by atoms with van der Waals surface area (Å²) in [6.07, 6.45) is 6.93. The second-order valence-corrected chi connectivity index (χ2v) is 4.81. The zero-order chi connectivity index (χ0) is 14.2. The number of rotatable bonds is 2. The summed E-state index contributed by atoms with van der Waals surface area (Å²) in [6.45, 7) is 2.06. The van der Waals surface area contributed by atoms with Crippen molar-refractivity contribution in [1.82, 2.24) is 29.4 Å². The second-order valence-electron chi connectivity index (χ2n) is 4.81. The topological polar surface area (TPSA) is 60.9 Å². The maximum absolute atomic E-state index is 4.49. The van der Waals surface area contributed by atoms with Gasteiger partial charge in [-0.2, -0.15) is 5.10 Å². The van der Waals surface area contributed by atoms with Gasteiger partial charge in [0, 0.05) is 11.8 Å². The van der Waals surface area contributed by atoms with Crippen LogP contribution in [0, 0.1) is 6.92 Å². The Balaban J connectivity index is 1.88. The zero-order valence-electron chi connectivity index (χ0n) is 11.4. The molecule has 21 heavy (non-hydrogen) atoms. The third kappa shape index (κ3) is 1.88. The minimum atomic E-state index is 0.800. The largest absolute Gasteiger partial charge is 0.272 e. The van der Waals surface area contributed by atoms with Gasteiger partial charge in [-0.25, -0.2) is 9.50 Å². The van der Waals surface area contributed by atoms with E-state index >= 15 is 0 Å². The minimum absolute atomic E-state index is 0.800. The van der Waals surface area contributed by atoms with Crippen LogP contribution in [0.4, 0.5) is 0 Å². The molecule has 0 N–H and O–H groups in total. The van der Waals surface area contributed by atoms with E-state index in [1.807, 2.05) is 41.0 Å². The highest BCUT2D eigenvalue weighted by molar-refractivity contribution is 5.67. The average molecular weight is 276 g/mol. The predicted octanol–water partition coefficient (Wildman–Crippen LogP) is 2.29. The first-order valence-corrected chi connectivity index (χ1v) is 6.58. The van der Waals surface area contributed by atoms with E-state index in [9.17, 15) is 0 Å². The molecule has 102 valence electrons. The van der Waals surface area contributed by atoms with Crippen LogP contribution < -0.4 is 0 Å². The molecule has 4 rings (SSSR count). The van der Waals surface area contributed by atoms with Crippen molar-refractivity contribution in [2.75, 3.05) is 0 Å². The van der Waals surface area contributed by atoms with Crippen molar-refractivity contribution in [2.45, 2.75) is 6.92 Å². The Hall–Kier alpha value is -3.02. The number of pyridine rings is 2. The number of aryl methyl sites for hydroxylation is 1. The quantitative estimate of drug-likeness (QED) is 0.563. The average Bonchev–Trinajstić information content (AvgIpc) is 3.18. The Morgan fingerprint density at radius 1 is 1.05 bits per heavy atom. The summed E-state index contributed by atoms with van der Waals surface area (Å²) in [5, 5.41) is 12.0. The molecule has 4 aromatic rings. The molecule has 6 nitrogen and oxygen atoms in total. The Labute approximate surface area is 120 Å². The zero-order valence-corrected chi connectivity index (χ0v) is 11.4. The molecule has 0 unspecified atom stereocenters. The van der Waals surface area contributed by atoms with Crippen LogP contribution in [0.15, 0.2) is 55.4 Å². The number of aromatic nitrogens is 6. The molecule has 0 saturated carbocycles. The number of hydrogen-bond acceptors (Lipinski definition) is 4. The summed E-state index contributed by atoms with van der Waals surface area (Å²) in [4.78, 5) is 4.49. The van der Waals surface area contributed by atoms with E-state index in [-0.39, 0.29) is 0 Å². The van der Waals surface area contributed by atoms with Crippen molar-refractivity contribution in [2.24, 2.45) is 0 Å². The van der Waals surface area contributed by atoms with Gasteiger partial charge in [-0.1, -0.05) is 6.07 Å². The van der Waals surface area contributed by atoms with Crippen LogP contribution in [0.25, 0.3) is 22.6 Å². The van der Waals surface area contributed by atoms with E-state index in [1.165, 1.54) is 0 Å². The van der Waals surface area contributed by atoms with Gasteiger partial charge in [0.2, 0.25) is 0 Å². The minimum Gasteiger partial charge on any atom is -0.272 e. The maximum atomic E-state index is 4.49. The fourth-order valence-corrected chi connectivity index (χ4v) is 2.42. The molecule has 0 aromatic carbocycles. The van der Waals surface area contributed by atoms with Crippen molar-refractivity contribution < 1.29 is 0 Å². The van der Waals surface area contributed by atoms with Crippen molar-refractivity contribution in [1.29, 1.82) is 0 Å². The van der Waals surface area contributed by atoms with Gasteiger partial charge >= 0.3 is 0 Å². The summed E-state index contributed by atoms with van der Waals surface area (Å²) in [7, 11) is 0. The molecule has 6 heteroatoms. The van der Waals surface area contributed by atoms with Crippen LogP contribution in [0.3, 0.4) is 0 Å². The van der Waals surface area contributed by atoms with E-state index in [0.717, 1.165) is 28.2 Å². The normalized spacial score (nSPS) is 11.1. The predicted molar refractivity (Wildman–Crippen MR) is 78.1 cm³/mol. The monoisotopic (exact) mass is 276 g/mol. The van der Waals surface area contributed by atoms with Crippen LogP contribution in [0.1, 0.15) is 5.56 Å². The van der Waals surface area contributed by atoms with Gasteiger partial charge < -0.3 is 0 Å². The Morgan fingerprint density at radius 2 is 1.90 bits per heavy atom. The van der Waals surface area contributed by atoms with Gasteiger partial charge in [-0.05, 0) is 36.8 Å².